The minimum absolute atomic E-state index is 0.183. The molecule has 0 spiro atoms. The van der Waals surface area contributed by atoms with E-state index in [0.29, 0.717) is 17.0 Å². The van der Waals surface area contributed by atoms with Crippen molar-refractivity contribution in [3.05, 3.63) is 78.1 Å². The normalized spacial score (nSPS) is 20.4. The van der Waals surface area contributed by atoms with E-state index in [4.69, 9.17) is 5.11 Å². The molecule has 7 nitrogen and oxygen atoms in total. The zero-order chi connectivity index (χ0) is 24.2. The maximum Gasteiger partial charge on any atom is 0.349 e. The Balaban J connectivity index is 2.06. The number of urea groups is 1. The zero-order valence-electron chi connectivity index (χ0n) is 18.4. The molecule has 2 aromatic carbocycles. The number of amides is 2. The fraction of sp³-hybridized carbons (Fsp3) is 0.320. The molecule has 1 aliphatic heterocycles. The van der Waals surface area contributed by atoms with Crippen LogP contribution in [0, 0.1) is 11.7 Å². The summed E-state index contributed by atoms with van der Waals surface area (Å²) in [5.41, 5.74) is 0.537. The molecule has 3 N–H and O–H groups in total. The Bertz CT molecular complexity index is 1050. The summed E-state index contributed by atoms with van der Waals surface area (Å²) in [5.74, 6) is -1.78. The largest absolute Gasteiger partial charge is 0.481 e. The maximum atomic E-state index is 13.7. The highest BCUT2D eigenvalue weighted by Gasteiger charge is 2.52. The van der Waals surface area contributed by atoms with Crippen LogP contribution in [0.3, 0.4) is 0 Å². The number of carboxylic acid groups (broad SMARTS) is 1. The van der Waals surface area contributed by atoms with Gasteiger partial charge in [-0.1, -0.05) is 50.3 Å². The van der Waals surface area contributed by atoms with Gasteiger partial charge in [0.1, 0.15) is 11.4 Å². The molecule has 33 heavy (non-hydrogen) atoms. The lowest BCUT2D eigenvalue weighted by atomic mass is 9.74. The molecule has 3 rings (SSSR count). The number of aliphatic hydroxyl groups excluding tert-OH is 2. The summed E-state index contributed by atoms with van der Waals surface area (Å²) in [5, 5.41) is 28.9. The van der Waals surface area contributed by atoms with Gasteiger partial charge in [0, 0.05) is 12.1 Å². The minimum Gasteiger partial charge on any atom is -0.481 e. The predicted molar refractivity (Wildman–Crippen MR) is 123 cm³/mol. The van der Waals surface area contributed by atoms with Crippen LogP contribution in [-0.4, -0.2) is 45.2 Å². The summed E-state index contributed by atoms with van der Waals surface area (Å²) < 4.78 is 13.7. The van der Waals surface area contributed by atoms with Gasteiger partial charge in [0.25, 0.3) is 0 Å². The number of aliphatic hydroxyl groups is 2. The Hall–Kier alpha value is -3.36. The topological polar surface area (TPSA) is 110 Å². The van der Waals surface area contributed by atoms with Crippen molar-refractivity contribution in [2.75, 3.05) is 4.90 Å². The lowest BCUT2D eigenvalue weighted by molar-refractivity contribution is -0.139. The first kappa shape index (κ1) is 24.3. The minimum atomic E-state index is -1.22. The van der Waals surface area contributed by atoms with E-state index in [0.717, 1.165) is 0 Å². The summed E-state index contributed by atoms with van der Waals surface area (Å²) in [6.07, 6.45) is -0.146. The van der Waals surface area contributed by atoms with Crippen LogP contribution in [0.25, 0.3) is 0 Å². The van der Waals surface area contributed by atoms with Crippen LogP contribution in [0.15, 0.2) is 71.7 Å². The van der Waals surface area contributed by atoms with Crippen LogP contribution in [0.2, 0.25) is 0 Å². The van der Waals surface area contributed by atoms with Gasteiger partial charge in [-0.15, -0.1) is 0 Å². The third-order valence-corrected chi connectivity index (χ3v) is 5.68. The standard InChI is InChI=1S/C25H27FN2O5/c1-16(2)25(17-8-10-18(26)11-9-17)22(13-12-20(29)14-21(30)15-23(31)32)27-24(33)28(25)19-6-4-3-5-7-19/h3-13,16,20-21,29-30H,14-15H2,1-2H3,(H,31,32)/t20-,21-,25?/m1/s1. The molecular formula is C25H27FN2O5. The highest BCUT2D eigenvalue weighted by molar-refractivity contribution is 6.21. The number of carbonyl (C=O) groups is 2. The number of halogens is 1. The Morgan fingerprint density at radius 2 is 1.76 bits per heavy atom. The number of aliphatic imine (C=N–C) groups is 1. The molecule has 0 radical (unpaired) electrons. The highest BCUT2D eigenvalue weighted by atomic mass is 19.1. The van der Waals surface area contributed by atoms with E-state index in [1.54, 1.807) is 41.3 Å². The van der Waals surface area contributed by atoms with Gasteiger partial charge in [-0.05, 0) is 41.8 Å². The number of aliphatic carboxylic acids is 1. The molecule has 0 bridgehead atoms. The SMILES string of the molecule is CC(C)C1(c2ccc(F)cc2)C(C=C[C@@H](O)C[C@@H](O)CC(=O)O)=NC(=O)N1c1ccccc1. The first-order chi connectivity index (χ1) is 15.7. The smallest absolute Gasteiger partial charge is 0.349 e. The van der Waals surface area contributed by atoms with Gasteiger partial charge in [0.05, 0.1) is 24.3 Å². The Morgan fingerprint density at radius 3 is 2.33 bits per heavy atom. The Morgan fingerprint density at radius 1 is 1.12 bits per heavy atom. The summed E-state index contributed by atoms with van der Waals surface area (Å²) in [7, 11) is 0. The molecular weight excluding hydrogens is 427 g/mol. The van der Waals surface area contributed by atoms with Gasteiger partial charge < -0.3 is 15.3 Å². The van der Waals surface area contributed by atoms with Gasteiger partial charge in [0.2, 0.25) is 0 Å². The summed E-state index contributed by atoms with van der Waals surface area (Å²) in [4.78, 5) is 29.8. The Labute approximate surface area is 191 Å². The number of carboxylic acids is 1. The molecule has 1 unspecified atom stereocenters. The molecule has 174 valence electrons. The van der Waals surface area contributed by atoms with Gasteiger partial charge in [-0.3, -0.25) is 9.69 Å². The number of rotatable bonds is 9. The highest BCUT2D eigenvalue weighted by Crippen LogP contribution is 2.45. The quantitative estimate of drug-likeness (QED) is 0.532. The average molecular weight is 454 g/mol. The second-order valence-electron chi connectivity index (χ2n) is 8.29. The first-order valence-corrected chi connectivity index (χ1v) is 10.7. The second kappa shape index (κ2) is 10.1. The fourth-order valence-corrected chi connectivity index (χ4v) is 4.27. The molecule has 1 aliphatic rings. The predicted octanol–water partition coefficient (Wildman–Crippen LogP) is 3.90. The van der Waals surface area contributed by atoms with Crippen molar-refractivity contribution in [3.8, 4) is 0 Å². The maximum absolute atomic E-state index is 13.7. The van der Waals surface area contributed by atoms with Gasteiger partial charge in [-0.2, -0.15) is 4.99 Å². The average Bonchev–Trinajstić information content (AvgIpc) is 3.05. The number of anilines is 1. The molecule has 2 aromatic rings. The summed E-state index contributed by atoms with van der Waals surface area (Å²) >= 11 is 0. The molecule has 0 saturated carbocycles. The van der Waals surface area contributed by atoms with Gasteiger partial charge in [0.15, 0.2) is 0 Å². The third-order valence-electron chi connectivity index (χ3n) is 5.68. The lowest BCUT2D eigenvalue weighted by Crippen LogP contribution is -2.52. The van der Waals surface area contributed by atoms with Crippen LogP contribution < -0.4 is 4.90 Å². The summed E-state index contributed by atoms with van der Waals surface area (Å²) in [6, 6.07) is 14.4. The van der Waals surface area contributed by atoms with E-state index in [2.05, 4.69) is 4.99 Å². The van der Waals surface area contributed by atoms with E-state index in [1.807, 2.05) is 19.9 Å². The van der Waals surface area contributed by atoms with Crippen molar-refractivity contribution >= 4 is 23.4 Å². The van der Waals surface area contributed by atoms with Crippen molar-refractivity contribution in [1.82, 2.24) is 0 Å². The Kier molecular flexibility index (Phi) is 7.40. The molecule has 2 amide bonds. The first-order valence-electron chi connectivity index (χ1n) is 10.7. The lowest BCUT2D eigenvalue weighted by Gasteiger charge is -2.42. The van der Waals surface area contributed by atoms with E-state index < -0.39 is 42.0 Å². The monoisotopic (exact) mass is 454 g/mol. The second-order valence-corrected chi connectivity index (χ2v) is 8.29. The van der Waals surface area contributed by atoms with E-state index in [-0.39, 0.29) is 12.3 Å². The van der Waals surface area contributed by atoms with Gasteiger partial charge >= 0.3 is 12.0 Å². The molecule has 1 heterocycles. The third kappa shape index (κ3) is 5.02. The van der Waals surface area contributed by atoms with Crippen molar-refractivity contribution in [2.24, 2.45) is 10.9 Å². The number of nitrogens with zero attached hydrogens (tertiary/aromatic N) is 2. The van der Waals surface area contributed by atoms with Crippen LogP contribution in [-0.2, 0) is 10.3 Å². The van der Waals surface area contributed by atoms with E-state index in [9.17, 15) is 24.2 Å². The number of benzene rings is 2. The fourth-order valence-electron chi connectivity index (χ4n) is 4.27. The van der Waals surface area contributed by atoms with Crippen LogP contribution in [0.4, 0.5) is 14.9 Å². The number of hydrogen-bond donors (Lipinski definition) is 3. The molecule has 0 fully saturated rings. The van der Waals surface area contributed by atoms with Crippen LogP contribution in [0.5, 0.6) is 0 Å². The van der Waals surface area contributed by atoms with E-state index in [1.165, 1.54) is 24.3 Å². The summed E-state index contributed by atoms with van der Waals surface area (Å²) in [6.45, 7) is 3.85. The van der Waals surface area contributed by atoms with Crippen molar-refractivity contribution in [2.45, 2.75) is 44.4 Å². The van der Waals surface area contributed by atoms with E-state index >= 15 is 0 Å². The van der Waals surface area contributed by atoms with Crippen molar-refractivity contribution in [1.29, 1.82) is 0 Å². The molecule has 0 saturated heterocycles. The number of carbonyl (C=O) groups excluding carboxylic acids is 1. The molecule has 0 aromatic heterocycles. The molecule has 8 heteroatoms. The van der Waals surface area contributed by atoms with Crippen molar-refractivity contribution in [3.63, 3.8) is 0 Å². The van der Waals surface area contributed by atoms with Crippen LogP contribution >= 0.6 is 0 Å². The van der Waals surface area contributed by atoms with Crippen molar-refractivity contribution < 1.29 is 29.3 Å². The van der Waals surface area contributed by atoms with Gasteiger partial charge in [-0.25, -0.2) is 9.18 Å². The zero-order valence-corrected chi connectivity index (χ0v) is 18.4. The molecule has 0 aliphatic carbocycles. The number of hydrogen-bond acceptors (Lipinski definition) is 4. The number of para-hydroxylation sites is 1. The van der Waals surface area contributed by atoms with Crippen LogP contribution in [0.1, 0.15) is 32.3 Å². The molecule has 3 atom stereocenters.